The summed E-state index contributed by atoms with van der Waals surface area (Å²) < 4.78 is 7.94. The zero-order valence-corrected chi connectivity index (χ0v) is 20.2. The molecule has 1 unspecified atom stereocenters. The zero-order valence-electron chi connectivity index (χ0n) is 18.6. The molecule has 1 aliphatic rings. The molecule has 8 heteroatoms. The quantitative estimate of drug-likeness (QED) is 0.223. The first kappa shape index (κ1) is 22.1. The van der Waals surface area contributed by atoms with Gasteiger partial charge in [0.25, 0.3) is 5.56 Å². The Balaban J connectivity index is 1.33. The summed E-state index contributed by atoms with van der Waals surface area (Å²) in [7, 11) is 0. The number of ketones is 1. The number of carbonyl (C=O) groups excluding carboxylic acids is 1. The number of rotatable bonds is 7. The molecule has 6 nitrogen and oxygen atoms in total. The number of aryl methyl sites for hydroxylation is 1. The molecule has 0 radical (unpaired) electrons. The van der Waals surface area contributed by atoms with Crippen molar-refractivity contribution in [1.29, 1.82) is 0 Å². The minimum Gasteiger partial charge on any atom is -0.376 e. The summed E-state index contributed by atoms with van der Waals surface area (Å²) >= 11 is 2.72. The first-order valence-electron chi connectivity index (χ1n) is 11.0. The van der Waals surface area contributed by atoms with Crippen LogP contribution in [0.4, 0.5) is 0 Å². The lowest BCUT2D eigenvalue weighted by atomic mass is 10.1. The van der Waals surface area contributed by atoms with Crippen LogP contribution >= 0.6 is 23.1 Å². The Morgan fingerprint density at radius 3 is 2.88 bits per heavy atom. The maximum atomic E-state index is 13.0. The molecule has 0 saturated carbocycles. The Morgan fingerprint density at radius 1 is 1.30 bits per heavy atom. The summed E-state index contributed by atoms with van der Waals surface area (Å²) in [5.74, 6) is 0.251. The normalized spacial score (nSPS) is 16.0. The van der Waals surface area contributed by atoms with Crippen LogP contribution in [0.5, 0.6) is 0 Å². The fourth-order valence-corrected chi connectivity index (χ4v) is 6.15. The van der Waals surface area contributed by atoms with Gasteiger partial charge in [-0.25, -0.2) is 4.98 Å². The number of benzene rings is 1. The molecule has 5 rings (SSSR count). The summed E-state index contributed by atoms with van der Waals surface area (Å²) in [5.41, 5.74) is 4.46. The van der Waals surface area contributed by atoms with Gasteiger partial charge in [0.1, 0.15) is 4.83 Å². The van der Waals surface area contributed by atoms with Gasteiger partial charge in [0.15, 0.2) is 10.9 Å². The highest BCUT2D eigenvalue weighted by atomic mass is 32.2. The highest BCUT2D eigenvalue weighted by Gasteiger charge is 2.21. The number of carbonyl (C=O) groups is 1. The van der Waals surface area contributed by atoms with Gasteiger partial charge in [0, 0.05) is 41.0 Å². The Hall–Kier alpha value is -2.68. The molecule has 1 aromatic carbocycles. The molecule has 33 heavy (non-hydrogen) atoms. The minimum absolute atomic E-state index is 0.0330. The predicted molar refractivity (Wildman–Crippen MR) is 134 cm³/mol. The van der Waals surface area contributed by atoms with Crippen molar-refractivity contribution in [2.45, 2.75) is 44.5 Å². The van der Waals surface area contributed by atoms with Gasteiger partial charge >= 0.3 is 0 Å². The molecular formula is C25H25N3O3S2. The van der Waals surface area contributed by atoms with Crippen LogP contribution in [-0.4, -0.2) is 38.8 Å². The maximum Gasteiger partial charge on any atom is 0.260 e. The smallest absolute Gasteiger partial charge is 0.260 e. The monoisotopic (exact) mass is 479 g/mol. The standard InChI is InChI=1S/C25H25N3O3S2/c1-15-11-19(16(2)28(15)12-18-9-6-10-31-18)21(29)14-33-25-26-23(30)22-20(13-32-24(22)27-25)17-7-4-3-5-8-17/h3-5,7-8,11,13,18H,6,9-10,12,14H2,1-2H3,(H,26,27,30). The van der Waals surface area contributed by atoms with E-state index in [-0.39, 0.29) is 23.2 Å². The second kappa shape index (κ2) is 9.29. The number of Topliss-reactive ketones (excluding diaryl/α,β-unsaturated/α-hetero) is 1. The van der Waals surface area contributed by atoms with Crippen LogP contribution in [0, 0.1) is 13.8 Å². The predicted octanol–water partition coefficient (Wildman–Crippen LogP) is 5.22. The lowest BCUT2D eigenvalue weighted by molar-refractivity contribution is 0.0957. The largest absolute Gasteiger partial charge is 0.376 e. The Kier molecular flexibility index (Phi) is 6.23. The van der Waals surface area contributed by atoms with Crippen LogP contribution < -0.4 is 5.56 Å². The number of thiophene rings is 1. The number of thioether (sulfide) groups is 1. The van der Waals surface area contributed by atoms with E-state index >= 15 is 0 Å². The van der Waals surface area contributed by atoms with E-state index in [1.807, 2.05) is 55.6 Å². The number of hydrogen-bond donors (Lipinski definition) is 1. The molecule has 4 heterocycles. The van der Waals surface area contributed by atoms with E-state index in [4.69, 9.17) is 4.74 Å². The molecule has 4 aromatic rings. The molecule has 0 bridgehead atoms. The highest BCUT2D eigenvalue weighted by Crippen LogP contribution is 2.31. The number of H-pyrrole nitrogens is 1. The molecule has 1 saturated heterocycles. The van der Waals surface area contributed by atoms with Crippen molar-refractivity contribution in [3.05, 3.63) is 69.1 Å². The molecule has 3 aromatic heterocycles. The van der Waals surface area contributed by atoms with Crippen LogP contribution in [0.15, 0.2) is 51.7 Å². The Bertz CT molecular complexity index is 1370. The van der Waals surface area contributed by atoms with Crippen LogP contribution in [0.2, 0.25) is 0 Å². The summed E-state index contributed by atoms with van der Waals surface area (Å²) in [4.78, 5) is 34.0. The van der Waals surface area contributed by atoms with E-state index in [0.717, 1.165) is 54.1 Å². The van der Waals surface area contributed by atoms with Crippen molar-refractivity contribution < 1.29 is 9.53 Å². The first-order valence-corrected chi connectivity index (χ1v) is 12.9. The number of aromatic nitrogens is 3. The average molecular weight is 480 g/mol. The third-order valence-corrected chi connectivity index (χ3v) is 7.88. The van der Waals surface area contributed by atoms with E-state index in [1.165, 1.54) is 23.1 Å². The fourth-order valence-electron chi connectivity index (χ4n) is 4.40. The third-order valence-electron chi connectivity index (χ3n) is 6.13. The second-order valence-corrected chi connectivity index (χ2v) is 10.1. The van der Waals surface area contributed by atoms with E-state index in [2.05, 4.69) is 14.5 Å². The van der Waals surface area contributed by atoms with E-state index < -0.39 is 0 Å². The molecule has 0 amide bonds. The molecule has 0 spiro atoms. The molecule has 1 N–H and O–H groups in total. The van der Waals surface area contributed by atoms with Gasteiger partial charge in [0.05, 0.1) is 17.2 Å². The van der Waals surface area contributed by atoms with Crippen molar-refractivity contribution in [2.24, 2.45) is 0 Å². The van der Waals surface area contributed by atoms with Crippen molar-refractivity contribution in [3.8, 4) is 11.1 Å². The summed E-state index contributed by atoms with van der Waals surface area (Å²) in [6.45, 7) is 5.62. The van der Waals surface area contributed by atoms with Crippen LogP contribution in [0.25, 0.3) is 21.3 Å². The SMILES string of the molecule is Cc1cc(C(=O)CSc2nc3scc(-c4ccccc4)c3c(=O)[nH]2)c(C)n1CC1CCCO1. The van der Waals surface area contributed by atoms with Gasteiger partial charge in [-0.05, 0) is 38.3 Å². The van der Waals surface area contributed by atoms with E-state index in [1.54, 1.807) is 0 Å². The topological polar surface area (TPSA) is 77.0 Å². The minimum atomic E-state index is -0.176. The number of hydrogen-bond acceptors (Lipinski definition) is 6. The maximum absolute atomic E-state index is 13.0. The average Bonchev–Trinajstić information content (AvgIpc) is 3.55. The van der Waals surface area contributed by atoms with Crippen molar-refractivity contribution in [2.75, 3.05) is 12.4 Å². The second-order valence-electron chi connectivity index (χ2n) is 8.31. The van der Waals surface area contributed by atoms with E-state index in [0.29, 0.717) is 15.4 Å². The number of nitrogens with zero attached hydrogens (tertiary/aromatic N) is 2. The molecular weight excluding hydrogens is 454 g/mol. The van der Waals surface area contributed by atoms with Gasteiger partial charge in [0.2, 0.25) is 0 Å². The van der Waals surface area contributed by atoms with E-state index in [9.17, 15) is 9.59 Å². The van der Waals surface area contributed by atoms with Crippen molar-refractivity contribution >= 4 is 39.1 Å². The Labute approximate surface area is 200 Å². The van der Waals surface area contributed by atoms with Gasteiger partial charge in [-0.2, -0.15) is 0 Å². The molecule has 170 valence electrons. The van der Waals surface area contributed by atoms with Gasteiger partial charge in [-0.1, -0.05) is 42.1 Å². The van der Waals surface area contributed by atoms with Gasteiger partial charge in [-0.3, -0.25) is 9.59 Å². The first-order chi connectivity index (χ1) is 16.0. The molecule has 0 aliphatic carbocycles. The van der Waals surface area contributed by atoms with Gasteiger partial charge < -0.3 is 14.3 Å². The number of fused-ring (bicyclic) bond motifs is 1. The van der Waals surface area contributed by atoms with Crippen LogP contribution in [0.1, 0.15) is 34.6 Å². The summed E-state index contributed by atoms with van der Waals surface area (Å²) in [6, 6.07) is 11.8. The van der Waals surface area contributed by atoms with Crippen molar-refractivity contribution in [3.63, 3.8) is 0 Å². The number of ether oxygens (including phenoxy) is 1. The van der Waals surface area contributed by atoms with Crippen LogP contribution in [0.3, 0.4) is 0 Å². The number of aromatic amines is 1. The molecule has 1 atom stereocenters. The molecule has 1 aliphatic heterocycles. The molecule has 1 fully saturated rings. The summed E-state index contributed by atoms with van der Waals surface area (Å²) in [5, 5.41) is 3.03. The fraction of sp³-hybridized carbons (Fsp3) is 0.320. The lowest BCUT2D eigenvalue weighted by Crippen LogP contribution is -2.17. The highest BCUT2D eigenvalue weighted by molar-refractivity contribution is 7.99. The number of nitrogens with one attached hydrogen (secondary N) is 1. The third kappa shape index (κ3) is 4.43. The zero-order chi connectivity index (χ0) is 22.9. The lowest BCUT2D eigenvalue weighted by Gasteiger charge is -2.14. The van der Waals surface area contributed by atoms with Crippen molar-refractivity contribution in [1.82, 2.24) is 14.5 Å². The Morgan fingerprint density at radius 2 is 2.12 bits per heavy atom. The van der Waals surface area contributed by atoms with Gasteiger partial charge in [-0.15, -0.1) is 11.3 Å². The summed E-state index contributed by atoms with van der Waals surface area (Å²) in [6.07, 6.45) is 2.38. The van der Waals surface area contributed by atoms with Crippen LogP contribution in [-0.2, 0) is 11.3 Å².